The fourth-order valence-electron chi connectivity index (χ4n) is 2.13. The molecule has 2 rings (SSSR count). The Morgan fingerprint density at radius 2 is 2.10 bits per heavy atom. The highest BCUT2D eigenvalue weighted by atomic mass is 32.2. The molecule has 0 aliphatic heterocycles. The van der Waals surface area contributed by atoms with Crippen molar-refractivity contribution in [2.24, 2.45) is 0 Å². The molecule has 6 heteroatoms. The molecule has 0 spiro atoms. The Kier molecular flexibility index (Phi) is 4.04. The molecule has 1 aromatic heterocycles. The van der Waals surface area contributed by atoms with Crippen LogP contribution in [0.1, 0.15) is 24.2 Å². The summed E-state index contributed by atoms with van der Waals surface area (Å²) in [6, 6.07) is 3.29. The highest BCUT2D eigenvalue weighted by molar-refractivity contribution is 7.99. The predicted octanol–water partition coefficient (Wildman–Crippen LogP) is 2.66. The number of benzene rings is 1. The molecule has 0 saturated carbocycles. The quantitative estimate of drug-likeness (QED) is 0.756. The molecule has 0 bridgehead atoms. The molecule has 1 heterocycles. The molecule has 0 amide bonds. The van der Waals surface area contributed by atoms with Crippen molar-refractivity contribution in [3.8, 4) is 5.75 Å². The lowest BCUT2D eigenvalue weighted by molar-refractivity contribution is 0.0694. The van der Waals surface area contributed by atoms with Crippen molar-refractivity contribution in [2.45, 2.75) is 25.3 Å². The van der Waals surface area contributed by atoms with Gasteiger partial charge in [0.15, 0.2) is 0 Å². The number of pyridine rings is 1. The van der Waals surface area contributed by atoms with Crippen LogP contribution < -0.4 is 5.36 Å². The molecule has 0 radical (unpaired) electrons. The van der Waals surface area contributed by atoms with Crippen LogP contribution in [0.2, 0.25) is 0 Å². The molecule has 0 aliphatic rings. The van der Waals surface area contributed by atoms with Gasteiger partial charge in [0.25, 0.3) is 0 Å². The lowest BCUT2D eigenvalue weighted by atomic mass is 10.1. The maximum atomic E-state index is 11.2. The number of aromatic nitrogens is 1. The highest BCUT2D eigenvalue weighted by Crippen LogP contribution is 2.31. The van der Waals surface area contributed by atoms with Gasteiger partial charge in [0, 0.05) is 18.1 Å². The number of carboxylic acid groups (broad SMARTS) is 1. The van der Waals surface area contributed by atoms with E-state index in [0.29, 0.717) is 11.9 Å². The Morgan fingerprint density at radius 3 is 2.65 bits per heavy atom. The van der Waals surface area contributed by atoms with E-state index < -0.39 is 5.97 Å². The van der Waals surface area contributed by atoms with E-state index in [-0.39, 0.29) is 16.7 Å². The highest BCUT2D eigenvalue weighted by Gasteiger charge is 2.14. The number of nitrogens with one attached hydrogen (secondary N) is 1. The summed E-state index contributed by atoms with van der Waals surface area (Å²) >= 11 is 1.51. The monoisotopic (exact) mass is 292 g/mol. The van der Waals surface area contributed by atoms with Gasteiger partial charge in [0.2, 0.25) is 0 Å². The molecular formula is C14H16N2O3S. The number of hydrogen-bond acceptors (Lipinski definition) is 4. The van der Waals surface area contributed by atoms with Crippen LogP contribution in [-0.2, 0) is 6.54 Å². The number of phenolic OH excluding ortho intramolecular Hbond substituents is 1. The van der Waals surface area contributed by atoms with Crippen LogP contribution in [0.15, 0.2) is 23.2 Å². The number of rotatable bonds is 4. The average molecular weight is 292 g/mol. The Labute approximate surface area is 120 Å². The third-order valence-corrected chi connectivity index (χ3v) is 4.01. The summed E-state index contributed by atoms with van der Waals surface area (Å²) in [7, 11) is 0. The molecule has 2 aromatic rings. The molecular weight excluding hydrogens is 276 g/mol. The summed E-state index contributed by atoms with van der Waals surface area (Å²) in [5.74, 6) is -0.222. The molecule has 3 N–H and O–H groups in total. The van der Waals surface area contributed by atoms with Gasteiger partial charge in [-0.1, -0.05) is 6.92 Å². The third-order valence-electron chi connectivity index (χ3n) is 3.08. The van der Waals surface area contributed by atoms with E-state index in [1.54, 1.807) is 4.57 Å². The molecule has 0 aliphatic carbocycles. The van der Waals surface area contributed by atoms with E-state index in [1.165, 1.54) is 24.0 Å². The first kappa shape index (κ1) is 14.5. The van der Waals surface area contributed by atoms with Gasteiger partial charge in [-0.2, -0.15) is 0 Å². The minimum absolute atomic E-state index is 0.0605. The second-order valence-corrected chi connectivity index (χ2v) is 5.58. The summed E-state index contributed by atoms with van der Waals surface area (Å²) in [6.07, 6.45) is 1.48. The number of hydrogen-bond donors (Lipinski definition) is 3. The van der Waals surface area contributed by atoms with Crippen LogP contribution in [0, 0.1) is 5.41 Å². The van der Waals surface area contributed by atoms with Crippen molar-refractivity contribution in [2.75, 3.05) is 5.75 Å². The van der Waals surface area contributed by atoms with Crippen LogP contribution in [0.25, 0.3) is 10.9 Å². The van der Waals surface area contributed by atoms with Gasteiger partial charge in [-0.25, -0.2) is 4.79 Å². The first-order valence-electron chi connectivity index (χ1n) is 6.30. The number of aromatic carboxylic acids is 1. The van der Waals surface area contributed by atoms with E-state index in [1.807, 2.05) is 19.9 Å². The summed E-state index contributed by atoms with van der Waals surface area (Å²) in [5, 5.41) is 27.5. The molecule has 0 fully saturated rings. The van der Waals surface area contributed by atoms with Crippen molar-refractivity contribution in [3.63, 3.8) is 0 Å². The van der Waals surface area contributed by atoms with Crippen LogP contribution in [0.4, 0.5) is 0 Å². The summed E-state index contributed by atoms with van der Waals surface area (Å²) in [5.41, 5.74) is 0.700. The van der Waals surface area contributed by atoms with Crippen molar-refractivity contribution in [1.82, 2.24) is 4.57 Å². The second-order valence-electron chi connectivity index (χ2n) is 4.28. The maximum absolute atomic E-state index is 11.2. The fraction of sp³-hybridized carbons (Fsp3) is 0.286. The average Bonchev–Trinajstić information content (AvgIpc) is 2.41. The summed E-state index contributed by atoms with van der Waals surface area (Å²) in [6.45, 7) is 4.50. The second kappa shape index (κ2) is 5.58. The largest absolute Gasteiger partial charge is 0.507 e. The number of phenols is 1. The minimum Gasteiger partial charge on any atom is -0.507 e. The normalized spacial score (nSPS) is 10.9. The van der Waals surface area contributed by atoms with Gasteiger partial charge in [-0.15, -0.1) is 11.8 Å². The van der Waals surface area contributed by atoms with E-state index in [9.17, 15) is 9.90 Å². The number of aryl methyl sites for hydroxylation is 1. The minimum atomic E-state index is -1.13. The molecule has 0 saturated heterocycles. The lowest BCUT2D eigenvalue weighted by Gasteiger charge is -2.13. The Balaban J connectivity index is 2.86. The number of aromatic hydroxyl groups is 1. The van der Waals surface area contributed by atoms with Gasteiger partial charge >= 0.3 is 5.97 Å². The van der Waals surface area contributed by atoms with Crippen molar-refractivity contribution < 1.29 is 15.0 Å². The van der Waals surface area contributed by atoms with Crippen molar-refractivity contribution >= 4 is 28.6 Å². The summed E-state index contributed by atoms with van der Waals surface area (Å²) < 4.78 is 1.79. The lowest BCUT2D eigenvalue weighted by Crippen LogP contribution is -2.18. The smallest absolute Gasteiger partial charge is 0.339 e. The predicted molar refractivity (Wildman–Crippen MR) is 78.5 cm³/mol. The van der Waals surface area contributed by atoms with E-state index in [0.717, 1.165) is 16.2 Å². The van der Waals surface area contributed by atoms with Gasteiger partial charge in [0.1, 0.15) is 11.3 Å². The number of nitrogens with zero attached hydrogens (tertiary/aromatic N) is 1. The van der Waals surface area contributed by atoms with Gasteiger partial charge in [-0.05, 0) is 24.8 Å². The SMILES string of the molecule is CCSc1cc2c(cc1O)c(=N)c(C(=O)O)cn2CC. The van der Waals surface area contributed by atoms with Gasteiger partial charge < -0.3 is 14.8 Å². The zero-order valence-electron chi connectivity index (χ0n) is 11.3. The van der Waals surface area contributed by atoms with Crippen LogP contribution in [0.3, 0.4) is 0 Å². The van der Waals surface area contributed by atoms with E-state index in [4.69, 9.17) is 10.5 Å². The topological polar surface area (TPSA) is 86.3 Å². The number of carbonyl (C=O) groups is 1. The van der Waals surface area contributed by atoms with Crippen LogP contribution in [-0.4, -0.2) is 26.5 Å². The first-order chi connectivity index (χ1) is 9.49. The van der Waals surface area contributed by atoms with Crippen LogP contribution >= 0.6 is 11.8 Å². The fourth-order valence-corrected chi connectivity index (χ4v) is 2.84. The molecule has 1 aromatic carbocycles. The number of thioether (sulfide) groups is 1. The zero-order valence-corrected chi connectivity index (χ0v) is 12.1. The standard InChI is InChI=1S/C14H16N2O3S/c1-3-16-7-9(14(18)19)13(15)8-5-11(17)12(20-4-2)6-10(8)16/h5-7,15,17H,3-4H2,1-2H3,(H,18,19). The Morgan fingerprint density at radius 1 is 1.40 bits per heavy atom. The number of carboxylic acids is 1. The first-order valence-corrected chi connectivity index (χ1v) is 7.29. The van der Waals surface area contributed by atoms with Crippen molar-refractivity contribution in [1.29, 1.82) is 5.41 Å². The Bertz CT molecular complexity index is 737. The molecule has 5 nitrogen and oxygen atoms in total. The molecule has 106 valence electrons. The van der Waals surface area contributed by atoms with Crippen LogP contribution in [0.5, 0.6) is 5.75 Å². The zero-order chi connectivity index (χ0) is 14.9. The van der Waals surface area contributed by atoms with E-state index in [2.05, 4.69) is 0 Å². The maximum Gasteiger partial charge on any atom is 0.339 e. The Hall–Kier alpha value is -1.95. The summed E-state index contributed by atoms with van der Waals surface area (Å²) in [4.78, 5) is 11.9. The van der Waals surface area contributed by atoms with E-state index >= 15 is 0 Å². The number of fused-ring (bicyclic) bond motifs is 1. The van der Waals surface area contributed by atoms with Gasteiger partial charge in [0.05, 0.1) is 15.8 Å². The third kappa shape index (κ3) is 2.38. The molecule has 20 heavy (non-hydrogen) atoms. The molecule has 0 atom stereocenters. The van der Waals surface area contributed by atoms with Gasteiger partial charge in [-0.3, -0.25) is 5.41 Å². The molecule has 0 unspecified atom stereocenters. The van der Waals surface area contributed by atoms with Crippen molar-refractivity contribution in [3.05, 3.63) is 29.3 Å².